The lowest BCUT2D eigenvalue weighted by atomic mass is 10.1. The molecule has 1 aromatic carbocycles. The number of benzene rings is 1. The van der Waals surface area contributed by atoms with Crippen molar-refractivity contribution < 1.29 is 13.5 Å². The Bertz CT molecular complexity index is 841. The molecule has 0 bridgehead atoms. The normalized spacial score (nSPS) is 22.5. The Morgan fingerprint density at radius 3 is 2.61 bits per heavy atom. The fraction of sp³-hybridized carbons (Fsp3) is 0.500. The fourth-order valence-electron chi connectivity index (χ4n) is 3.97. The van der Waals surface area contributed by atoms with Crippen molar-refractivity contribution in [3.05, 3.63) is 57.8 Å². The second-order valence-electron chi connectivity index (χ2n) is 7.63. The molecule has 2 N–H and O–H groups in total. The minimum absolute atomic E-state index is 0. The molecule has 1 saturated heterocycles. The van der Waals surface area contributed by atoms with E-state index >= 15 is 0 Å². The van der Waals surface area contributed by atoms with Gasteiger partial charge in [0.1, 0.15) is 11.6 Å². The Morgan fingerprint density at radius 2 is 1.97 bits per heavy atom. The van der Waals surface area contributed by atoms with Crippen molar-refractivity contribution in [1.82, 2.24) is 15.5 Å². The molecule has 5 nitrogen and oxygen atoms in total. The minimum atomic E-state index is -0.476. The van der Waals surface area contributed by atoms with E-state index in [-0.39, 0.29) is 47.5 Å². The summed E-state index contributed by atoms with van der Waals surface area (Å²) in [5.41, 5.74) is 0.177. The maximum Gasteiger partial charge on any atom is 0.191 e. The number of nitrogens with one attached hydrogen (secondary N) is 2. The van der Waals surface area contributed by atoms with E-state index in [2.05, 4.69) is 33.0 Å². The molecule has 3 unspecified atom stereocenters. The van der Waals surface area contributed by atoms with Crippen molar-refractivity contribution in [1.29, 1.82) is 0 Å². The third-order valence-corrected chi connectivity index (χ3v) is 6.58. The van der Waals surface area contributed by atoms with Crippen molar-refractivity contribution in [3.63, 3.8) is 0 Å². The van der Waals surface area contributed by atoms with Gasteiger partial charge in [-0.25, -0.2) is 8.78 Å². The molecule has 2 aliphatic rings. The first-order valence-electron chi connectivity index (χ1n) is 10.5. The summed E-state index contributed by atoms with van der Waals surface area (Å²) in [6, 6.07) is 8.45. The number of thiophene rings is 1. The first-order valence-corrected chi connectivity index (χ1v) is 11.4. The smallest absolute Gasteiger partial charge is 0.191 e. The lowest BCUT2D eigenvalue weighted by Crippen LogP contribution is -2.42. The Balaban J connectivity index is 0.00000272. The largest absolute Gasteiger partial charge is 0.379 e. The zero-order valence-corrected chi connectivity index (χ0v) is 20.7. The molecule has 0 radical (unpaired) electrons. The predicted octanol–water partition coefficient (Wildman–Crippen LogP) is 4.13. The fourth-order valence-corrected chi connectivity index (χ4v) is 4.82. The van der Waals surface area contributed by atoms with E-state index in [1.807, 2.05) is 6.92 Å². The quantitative estimate of drug-likeness (QED) is 0.303. The monoisotopic (exact) mass is 562 g/mol. The highest BCUT2D eigenvalue weighted by Gasteiger charge is 2.42. The van der Waals surface area contributed by atoms with Crippen LogP contribution in [0.2, 0.25) is 0 Å². The van der Waals surface area contributed by atoms with Crippen LogP contribution in [-0.4, -0.2) is 56.3 Å². The summed E-state index contributed by atoms with van der Waals surface area (Å²) in [7, 11) is 0. The number of hydrogen-bond donors (Lipinski definition) is 2. The maximum absolute atomic E-state index is 14.1. The van der Waals surface area contributed by atoms with Crippen LogP contribution < -0.4 is 10.6 Å². The van der Waals surface area contributed by atoms with E-state index in [4.69, 9.17) is 9.73 Å². The third-order valence-electron chi connectivity index (χ3n) is 5.61. The highest BCUT2D eigenvalue weighted by Crippen LogP contribution is 2.43. The van der Waals surface area contributed by atoms with Crippen molar-refractivity contribution in [2.24, 2.45) is 4.99 Å². The summed E-state index contributed by atoms with van der Waals surface area (Å²) in [5, 5.41) is 8.73. The maximum atomic E-state index is 14.1. The van der Waals surface area contributed by atoms with Crippen LogP contribution in [0.4, 0.5) is 8.78 Å². The molecule has 9 heteroatoms. The predicted molar refractivity (Wildman–Crippen MR) is 131 cm³/mol. The van der Waals surface area contributed by atoms with Crippen LogP contribution in [0, 0.1) is 11.6 Å². The van der Waals surface area contributed by atoms with E-state index in [0.29, 0.717) is 18.9 Å². The highest BCUT2D eigenvalue weighted by molar-refractivity contribution is 14.0. The first kappa shape index (κ1) is 24.3. The van der Waals surface area contributed by atoms with Gasteiger partial charge in [0, 0.05) is 42.0 Å². The van der Waals surface area contributed by atoms with Gasteiger partial charge in [-0.3, -0.25) is 9.89 Å². The first-order chi connectivity index (χ1) is 14.7. The van der Waals surface area contributed by atoms with Crippen LogP contribution in [0.3, 0.4) is 0 Å². The zero-order valence-electron chi connectivity index (χ0n) is 17.5. The SMILES string of the molecule is CCNC(=NCC(c1cccs1)N1CCOCC1)NC1CC1c1c(F)cccc1F.I. The number of guanidine groups is 1. The average molecular weight is 562 g/mol. The Kier molecular flexibility index (Phi) is 9.06. The van der Waals surface area contributed by atoms with Gasteiger partial charge in [0.15, 0.2) is 5.96 Å². The molecular formula is C22H29F2IN4OS. The summed E-state index contributed by atoms with van der Waals surface area (Å²) < 4.78 is 33.7. The number of hydrogen-bond acceptors (Lipinski definition) is 4. The molecule has 0 amide bonds. The topological polar surface area (TPSA) is 48.9 Å². The number of morpholine rings is 1. The lowest BCUT2D eigenvalue weighted by Gasteiger charge is -2.33. The van der Waals surface area contributed by atoms with Crippen LogP contribution >= 0.6 is 35.3 Å². The van der Waals surface area contributed by atoms with Gasteiger partial charge < -0.3 is 15.4 Å². The van der Waals surface area contributed by atoms with E-state index in [1.54, 1.807) is 11.3 Å². The molecule has 1 saturated carbocycles. The van der Waals surface area contributed by atoms with Crippen LogP contribution in [-0.2, 0) is 4.74 Å². The molecule has 1 aliphatic carbocycles. The van der Waals surface area contributed by atoms with Crippen LogP contribution in [0.25, 0.3) is 0 Å². The Morgan fingerprint density at radius 1 is 1.23 bits per heavy atom. The van der Waals surface area contributed by atoms with E-state index in [1.165, 1.54) is 23.1 Å². The second-order valence-corrected chi connectivity index (χ2v) is 8.61. The van der Waals surface area contributed by atoms with Crippen molar-refractivity contribution >= 4 is 41.3 Å². The standard InChI is InChI=1S/C22H28F2N4OS.HI/c1-2-25-22(27-18-13-15(18)21-16(23)5-3-6-17(21)24)26-14-19(20-7-4-12-30-20)28-8-10-29-11-9-28;/h3-7,12,15,18-19H,2,8-11,13-14H2,1H3,(H2,25,26,27);1H. The molecule has 31 heavy (non-hydrogen) atoms. The summed E-state index contributed by atoms with van der Waals surface area (Å²) in [6.07, 6.45) is 0.695. The van der Waals surface area contributed by atoms with E-state index < -0.39 is 11.6 Å². The minimum Gasteiger partial charge on any atom is -0.379 e. The molecule has 0 spiro atoms. The van der Waals surface area contributed by atoms with Gasteiger partial charge in [-0.1, -0.05) is 12.1 Å². The summed E-state index contributed by atoms with van der Waals surface area (Å²) in [5.74, 6) is -0.424. The molecule has 170 valence electrons. The van der Waals surface area contributed by atoms with Crippen molar-refractivity contribution in [3.8, 4) is 0 Å². The third kappa shape index (κ3) is 6.15. The molecule has 1 aromatic heterocycles. The van der Waals surface area contributed by atoms with Gasteiger partial charge in [0.2, 0.25) is 0 Å². The highest BCUT2D eigenvalue weighted by atomic mass is 127. The van der Waals surface area contributed by atoms with Gasteiger partial charge in [0.25, 0.3) is 0 Å². The Labute approximate surface area is 203 Å². The summed E-state index contributed by atoms with van der Waals surface area (Å²) >= 11 is 1.74. The molecule has 4 rings (SSSR count). The van der Waals surface area contributed by atoms with Crippen LogP contribution in [0.15, 0.2) is 40.7 Å². The number of ether oxygens (including phenoxy) is 1. The molecule has 3 atom stereocenters. The average Bonchev–Trinajstić information content (AvgIpc) is 3.26. The zero-order chi connectivity index (χ0) is 20.9. The molecular weight excluding hydrogens is 533 g/mol. The second kappa shape index (κ2) is 11.5. The number of rotatable bonds is 7. The summed E-state index contributed by atoms with van der Waals surface area (Å²) in [4.78, 5) is 8.53. The van der Waals surface area contributed by atoms with Crippen molar-refractivity contribution in [2.45, 2.75) is 31.3 Å². The number of aliphatic imine (C=N–C) groups is 1. The lowest BCUT2D eigenvalue weighted by molar-refractivity contribution is 0.0186. The van der Waals surface area contributed by atoms with Gasteiger partial charge in [-0.05, 0) is 36.9 Å². The Hall–Kier alpha value is -1.30. The van der Waals surface area contributed by atoms with Gasteiger partial charge >= 0.3 is 0 Å². The van der Waals surface area contributed by atoms with Gasteiger partial charge in [0.05, 0.1) is 25.8 Å². The van der Waals surface area contributed by atoms with Crippen LogP contribution in [0.5, 0.6) is 0 Å². The van der Waals surface area contributed by atoms with Gasteiger partial charge in [-0.15, -0.1) is 35.3 Å². The molecule has 2 fully saturated rings. The van der Waals surface area contributed by atoms with E-state index in [9.17, 15) is 8.78 Å². The number of nitrogens with zero attached hydrogens (tertiary/aromatic N) is 2. The number of halogens is 3. The van der Waals surface area contributed by atoms with E-state index in [0.717, 1.165) is 32.8 Å². The molecule has 2 heterocycles. The summed E-state index contributed by atoms with van der Waals surface area (Å²) in [6.45, 7) is 6.60. The van der Waals surface area contributed by atoms with Crippen molar-refractivity contribution in [2.75, 3.05) is 39.4 Å². The van der Waals surface area contributed by atoms with Gasteiger partial charge in [-0.2, -0.15) is 0 Å². The van der Waals surface area contributed by atoms with Crippen LogP contribution in [0.1, 0.15) is 35.7 Å². The molecule has 1 aliphatic heterocycles. The molecule has 2 aromatic rings.